The van der Waals surface area contributed by atoms with Crippen molar-refractivity contribution in [2.75, 3.05) is 26.0 Å². The number of anilines is 1. The van der Waals surface area contributed by atoms with Crippen molar-refractivity contribution < 1.29 is 9.59 Å². The number of allylic oxidation sites excluding steroid dienone is 1. The lowest BCUT2D eigenvalue weighted by atomic mass is 10.0. The van der Waals surface area contributed by atoms with Gasteiger partial charge in [0.25, 0.3) is 5.56 Å². The molecule has 63 heavy (non-hydrogen) atoms. The predicted octanol–water partition coefficient (Wildman–Crippen LogP) is 9.88. The molecule has 0 atom stereocenters. The minimum atomic E-state index is -0.149. The maximum absolute atomic E-state index is 13.4. The van der Waals surface area contributed by atoms with Gasteiger partial charge in [-0.05, 0) is 98.0 Å². The zero-order chi connectivity index (χ0) is 44.8. The molecule has 0 bridgehead atoms. The molecule has 0 amide bonds. The number of Topliss-reactive ketones (excluding diaryl/α,β-unsaturated/α-hetero) is 2. The number of nitrogens with one attached hydrogen (secondary N) is 1. The van der Waals surface area contributed by atoms with Crippen molar-refractivity contribution in [3.63, 3.8) is 0 Å². The molecule has 2 aliphatic heterocycles. The van der Waals surface area contributed by atoms with Crippen LogP contribution in [0.4, 0.5) is 5.69 Å². The standard InChI is InChI=1S/C22H21ClN4O.C17H18O.C15H12OS/c1-14-12-18-20(22(28)27(24-18)19-11-6-5-10-17(19)23)21(26(14)4)15-8-7-9-16(13-15)25(2)3;1-13-3-7-15(8-4-13)11-17(18)12-16-9-5-14(2)6-10-16;1-10(16)11-6-7-15-13(8-11)9-12-4-2-3-5-14(12)17-15/h5-13,24H,1H2,2-4H3;3-10H,11-12H2,1-2H3;2-8H,9H2,1H3. The van der Waals surface area contributed by atoms with Crippen molar-refractivity contribution in [1.29, 1.82) is 0 Å². The zero-order valence-corrected chi connectivity index (χ0v) is 38.1. The normalized spacial score (nSPS) is 12.3. The van der Waals surface area contributed by atoms with Crippen molar-refractivity contribution in [3.05, 3.63) is 222 Å². The van der Waals surface area contributed by atoms with E-state index in [1.165, 1.54) is 36.7 Å². The second-order valence-electron chi connectivity index (χ2n) is 16.1. The molecule has 7 nitrogen and oxygen atoms in total. The molecule has 0 saturated carbocycles. The number of ketones is 2. The highest BCUT2D eigenvalue weighted by atomic mass is 35.5. The SMILES string of the molecule is C=C1C=c2[nH]n(-c3ccccc3Cl)c(=O)c2=C(c2cccc(N(C)C)c2)N1C.CC(=O)c1ccc2c(c1)Cc1ccccc1S2.Cc1ccc(CC(=O)Cc2ccc(C)cc2)cc1. The number of nitrogens with zero attached hydrogens (tertiary/aromatic N) is 3. The molecule has 318 valence electrons. The van der Waals surface area contributed by atoms with Crippen LogP contribution in [-0.4, -0.2) is 47.4 Å². The number of aromatic amines is 1. The van der Waals surface area contributed by atoms with E-state index in [2.05, 4.69) is 86.2 Å². The topological polar surface area (TPSA) is 78.4 Å². The van der Waals surface area contributed by atoms with E-state index in [9.17, 15) is 14.4 Å². The van der Waals surface area contributed by atoms with E-state index < -0.39 is 0 Å². The van der Waals surface area contributed by atoms with Crippen LogP contribution in [0.3, 0.4) is 0 Å². The molecule has 0 saturated heterocycles. The molecule has 2 aliphatic rings. The summed E-state index contributed by atoms with van der Waals surface area (Å²) >= 11 is 8.12. The number of carbonyl (C=O) groups is 2. The first-order valence-electron chi connectivity index (χ1n) is 20.8. The number of carbonyl (C=O) groups excluding carboxylic acids is 2. The largest absolute Gasteiger partial charge is 0.378 e. The van der Waals surface area contributed by atoms with Gasteiger partial charge in [0, 0.05) is 66.3 Å². The third-order valence-electron chi connectivity index (χ3n) is 11.0. The lowest BCUT2D eigenvalue weighted by molar-refractivity contribution is -0.117. The molecular formula is C54H51ClN4O3S. The Kier molecular flexibility index (Phi) is 13.8. The van der Waals surface area contributed by atoms with Crippen LogP contribution in [0, 0.1) is 13.8 Å². The summed E-state index contributed by atoms with van der Waals surface area (Å²) in [5.41, 5.74) is 12.2. The Labute approximate surface area is 378 Å². The molecular weight excluding hydrogens is 820 g/mol. The zero-order valence-electron chi connectivity index (χ0n) is 36.5. The molecule has 9 heteroatoms. The van der Waals surface area contributed by atoms with Crippen molar-refractivity contribution >= 4 is 52.4 Å². The maximum Gasteiger partial charge on any atom is 0.281 e. The van der Waals surface area contributed by atoms with E-state index in [0.29, 0.717) is 28.8 Å². The lowest BCUT2D eigenvalue weighted by Gasteiger charge is -2.26. The van der Waals surface area contributed by atoms with Crippen LogP contribution in [0.5, 0.6) is 0 Å². The van der Waals surface area contributed by atoms with Crippen LogP contribution in [0.15, 0.2) is 166 Å². The summed E-state index contributed by atoms with van der Waals surface area (Å²) in [6, 6.07) is 46.2. The molecule has 0 spiro atoms. The van der Waals surface area contributed by atoms with Gasteiger partial charge in [0.15, 0.2) is 5.78 Å². The fourth-order valence-electron chi connectivity index (χ4n) is 7.47. The van der Waals surface area contributed by atoms with Gasteiger partial charge >= 0.3 is 0 Å². The van der Waals surface area contributed by atoms with Crippen LogP contribution in [0.1, 0.15) is 56.2 Å². The number of hydrogen-bond donors (Lipinski definition) is 1. The Bertz CT molecular complexity index is 2970. The van der Waals surface area contributed by atoms with Gasteiger partial charge in [0.05, 0.1) is 27.0 Å². The average molecular weight is 872 g/mol. The highest BCUT2D eigenvalue weighted by Crippen LogP contribution is 2.39. The summed E-state index contributed by atoms with van der Waals surface area (Å²) in [7, 11) is 5.91. The van der Waals surface area contributed by atoms with Crippen LogP contribution < -0.4 is 21.0 Å². The molecule has 6 aromatic carbocycles. The highest BCUT2D eigenvalue weighted by Gasteiger charge is 2.22. The minimum Gasteiger partial charge on any atom is -0.378 e. The summed E-state index contributed by atoms with van der Waals surface area (Å²) in [6.45, 7) is 9.86. The van der Waals surface area contributed by atoms with Crippen molar-refractivity contribution in [1.82, 2.24) is 14.7 Å². The molecule has 1 N–H and O–H groups in total. The number of aromatic nitrogens is 2. The fraction of sp³-hybridized carbons (Fsp3) is 0.167. The molecule has 9 rings (SSSR count). The summed E-state index contributed by atoms with van der Waals surface area (Å²) in [5, 5.41) is 5.02. The number of benzene rings is 6. The van der Waals surface area contributed by atoms with E-state index in [1.54, 1.807) is 24.8 Å². The van der Waals surface area contributed by atoms with Gasteiger partial charge in [0.2, 0.25) is 0 Å². The second kappa shape index (κ2) is 19.6. The number of fused-ring (bicyclic) bond motifs is 3. The Morgan fingerprint density at radius 3 is 2.02 bits per heavy atom. The highest BCUT2D eigenvalue weighted by molar-refractivity contribution is 7.99. The van der Waals surface area contributed by atoms with E-state index in [4.69, 9.17) is 11.6 Å². The first-order valence-corrected chi connectivity index (χ1v) is 22.0. The summed E-state index contributed by atoms with van der Waals surface area (Å²) in [5.74, 6) is 0.402. The molecule has 7 aromatic rings. The van der Waals surface area contributed by atoms with Crippen molar-refractivity contribution in [2.45, 2.75) is 49.8 Å². The van der Waals surface area contributed by atoms with E-state index in [-0.39, 0.29) is 17.1 Å². The van der Waals surface area contributed by atoms with Gasteiger partial charge < -0.3 is 9.80 Å². The summed E-state index contributed by atoms with van der Waals surface area (Å²) < 4.78 is 1.49. The quantitative estimate of drug-likeness (QED) is 0.153. The lowest BCUT2D eigenvalue weighted by Crippen LogP contribution is -2.43. The van der Waals surface area contributed by atoms with E-state index >= 15 is 0 Å². The van der Waals surface area contributed by atoms with E-state index in [1.807, 2.05) is 110 Å². The van der Waals surface area contributed by atoms with Gasteiger partial charge in [0.1, 0.15) is 5.78 Å². The molecule has 0 radical (unpaired) electrons. The van der Waals surface area contributed by atoms with Crippen LogP contribution in [0.25, 0.3) is 17.5 Å². The number of aryl methyl sites for hydroxylation is 2. The Morgan fingerprint density at radius 2 is 1.38 bits per heavy atom. The number of rotatable bonds is 8. The van der Waals surface area contributed by atoms with Gasteiger partial charge in [-0.2, -0.15) is 0 Å². The van der Waals surface area contributed by atoms with Gasteiger partial charge in [-0.3, -0.25) is 19.5 Å². The number of halogens is 1. The van der Waals surface area contributed by atoms with Crippen LogP contribution in [-0.2, 0) is 24.1 Å². The molecule has 0 aliphatic carbocycles. The Morgan fingerprint density at radius 1 is 0.762 bits per heavy atom. The molecule has 0 unspecified atom stereocenters. The average Bonchev–Trinajstić information content (AvgIpc) is 3.59. The third-order valence-corrected chi connectivity index (χ3v) is 12.6. The third kappa shape index (κ3) is 10.5. The van der Waals surface area contributed by atoms with Gasteiger partial charge in [-0.1, -0.05) is 138 Å². The number of para-hydroxylation sites is 1. The summed E-state index contributed by atoms with van der Waals surface area (Å²) in [6.07, 6.45) is 3.85. The molecule has 1 aromatic heterocycles. The maximum atomic E-state index is 13.4. The monoisotopic (exact) mass is 870 g/mol. The smallest absolute Gasteiger partial charge is 0.281 e. The number of hydrogen-bond acceptors (Lipinski definition) is 6. The van der Waals surface area contributed by atoms with Crippen molar-refractivity contribution in [3.8, 4) is 5.69 Å². The molecule has 3 heterocycles. The van der Waals surface area contributed by atoms with E-state index in [0.717, 1.165) is 51.1 Å². The van der Waals surface area contributed by atoms with Crippen LogP contribution >= 0.6 is 23.4 Å². The first kappa shape index (κ1) is 44.4. The molecule has 0 fully saturated rings. The fourth-order valence-corrected chi connectivity index (χ4v) is 8.75. The Hall–Kier alpha value is -6.61. The Balaban J connectivity index is 0.000000148. The number of H-pyrrole nitrogens is 1. The van der Waals surface area contributed by atoms with Gasteiger partial charge in [-0.15, -0.1) is 0 Å². The second-order valence-corrected chi connectivity index (χ2v) is 17.6. The van der Waals surface area contributed by atoms with Crippen LogP contribution in [0.2, 0.25) is 5.02 Å². The predicted molar refractivity (Wildman–Crippen MR) is 260 cm³/mol. The minimum absolute atomic E-state index is 0.136. The summed E-state index contributed by atoms with van der Waals surface area (Å²) in [4.78, 5) is 43.3. The first-order chi connectivity index (χ1) is 30.2. The van der Waals surface area contributed by atoms with Gasteiger partial charge in [-0.25, -0.2) is 4.68 Å². The van der Waals surface area contributed by atoms with Crippen molar-refractivity contribution in [2.24, 2.45) is 0 Å².